The highest BCUT2D eigenvalue weighted by molar-refractivity contribution is 5.89. The van der Waals surface area contributed by atoms with Gasteiger partial charge in [0.1, 0.15) is 5.56 Å². The van der Waals surface area contributed by atoms with Crippen molar-refractivity contribution in [2.24, 2.45) is 0 Å². The van der Waals surface area contributed by atoms with Crippen LogP contribution in [0.1, 0.15) is 22.3 Å². The molecule has 0 saturated heterocycles. The summed E-state index contributed by atoms with van der Waals surface area (Å²) >= 11 is 0. The van der Waals surface area contributed by atoms with Crippen molar-refractivity contribution in [1.82, 2.24) is 4.98 Å². The zero-order valence-corrected chi connectivity index (χ0v) is 7.05. The van der Waals surface area contributed by atoms with Gasteiger partial charge in [-0.05, 0) is 9.91 Å². The maximum absolute atomic E-state index is 12.3. The molecule has 6 nitrogen and oxygen atoms in total. The van der Waals surface area contributed by atoms with Gasteiger partial charge in [-0.2, -0.15) is 0 Å². The molecule has 1 heterocycles. The van der Waals surface area contributed by atoms with Gasteiger partial charge in [-0.3, -0.25) is 0 Å². The van der Waals surface area contributed by atoms with E-state index in [1.54, 1.807) is 0 Å². The molecule has 1 rings (SSSR count). The molecule has 1 aromatic heterocycles. The normalized spacial score (nSPS) is 10.3. The van der Waals surface area contributed by atoms with Crippen molar-refractivity contribution in [2.75, 3.05) is 0 Å². The Kier molecular flexibility index (Phi) is 2.88. The Bertz CT molecular complexity index is 421. The van der Waals surface area contributed by atoms with Crippen LogP contribution >= 0.6 is 0 Å². The van der Waals surface area contributed by atoms with Crippen LogP contribution in [0.5, 0.6) is 0 Å². The molecule has 0 radical (unpaired) electrons. The summed E-state index contributed by atoms with van der Waals surface area (Å²) in [7, 11) is 0. The fourth-order valence-electron chi connectivity index (χ4n) is 0.918. The average molecular weight is 218 g/mol. The fourth-order valence-corrected chi connectivity index (χ4v) is 0.918. The second kappa shape index (κ2) is 3.95. The number of hydrogen-bond donors (Lipinski definition) is 1. The summed E-state index contributed by atoms with van der Waals surface area (Å²) in [6.45, 7) is 0. The van der Waals surface area contributed by atoms with Crippen LogP contribution in [-0.4, -0.2) is 21.0 Å². The van der Waals surface area contributed by atoms with Crippen molar-refractivity contribution in [3.8, 4) is 0 Å². The minimum Gasteiger partial charge on any atom is -0.478 e. The fraction of sp³-hybridized carbons (Fsp3) is 0.143. The number of carboxylic acid groups (broad SMARTS) is 1. The summed E-state index contributed by atoms with van der Waals surface area (Å²) < 4.78 is 24.6. The summed E-state index contributed by atoms with van der Waals surface area (Å²) in [4.78, 5) is 22.8. The van der Waals surface area contributed by atoms with Crippen LogP contribution in [0.3, 0.4) is 0 Å². The standard InChI is InChI=1S/C7H4F2N2O4/c8-6(9)3-1-5(11(14)15)10-2-4(3)7(12)13/h1-2,6H,(H,12,13). The molecule has 80 valence electrons. The number of nitro groups is 1. The Balaban J connectivity index is 3.33. The van der Waals surface area contributed by atoms with Crippen molar-refractivity contribution < 1.29 is 23.6 Å². The molecule has 0 saturated carbocycles. The number of rotatable bonds is 3. The zero-order valence-electron chi connectivity index (χ0n) is 7.05. The topological polar surface area (TPSA) is 93.3 Å². The molecule has 15 heavy (non-hydrogen) atoms. The molecule has 1 aromatic rings. The Morgan fingerprint density at radius 1 is 1.60 bits per heavy atom. The first kappa shape index (κ1) is 11.0. The van der Waals surface area contributed by atoms with Gasteiger partial charge in [-0.25, -0.2) is 13.6 Å². The van der Waals surface area contributed by atoms with E-state index in [4.69, 9.17) is 5.11 Å². The highest BCUT2D eigenvalue weighted by Gasteiger charge is 2.23. The van der Waals surface area contributed by atoms with Gasteiger partial charge in [0.25, 0.3) is 6.43 Å². The van der Waals surface area contributed by atoms with Crippen molar-refractivity contribution in [1.29, 1.82) is 0 Å². The van der Waals surface area contributed by atoms with Gasteiger partial charge in [-0.15, -0.1) is 0 Å². The largest absolute Gasteiger partial charge is 0.478 e. The van der Waals surface area contributed by atoms with E-state index in [9.17, 15) is 23.7 Å². The van der Waals surface area contributed by atoms with Crippen LogP contribution in [0.2, 0.25) is 0 Å². The van der Waals surface area contributed by atoms with E-state index >= 15 is 0 Å². The van der Waals surface area contributed by atoms with Crippen molar-refractivity contribution in [3.05, 3.63) is 33.5 Å². The van der Waals surface area contributed by atoms with Crippen LogP contribution < -0.4 is 0 Å². The summed E-state index contributed by atoms with van der Waals surface area (Å²) in [6, 6.07) is 0.452. The molecular weight excluding hydrogens is 214 g/mol. The van der Waals surface area contributed by atoms with Gasteiger partial charge >= 0.3 is 11.8 Å². The van der Waals surface area contributed by atoms with Crippen LogP contribution in [0, 0.1) is 10.1 Å². The predicted octanol–water partition coefficient (Wildman–Crippen LogP) is 1.63. The molecule has 0 aliphatic carbocycles. The van der Waals surface area contributed by atoms with Gasteiger partial charge in [0.15, 0.2) is 6.20 Å². The Morgan fingerprint density at radius 3 is 2.60 bits per heavy atom. The van der Waals surface area contributed by atoms with E-state index in [1.165, 1.54) is 0 Å². The van der Waals surface area contributed by atoms with E-state index in [-0.39, 0.29) is 0 Å². The van der Waals surface area contributed by atoms with Crippen molar-refractivity contribution in [2.45, 2.75) is 6.43 Å². The number of nitrogens with zero attached hydrogens (tertiary/aromatic N) is 2. The number of alkyl halides is 2. The molecule has 0 unspecified atom stereocenters. The zero-order chi connectivity index (χ0) is 11.6. The Morgan fingerprint density at radius 2 is 2.20 bits per heavy atom. The van der Waals surface area contributed by atoms with Gasteiger partial charge in [0.2, 0.25) is 0 Å². The first-order valence-corrected chi connectivity index (χ1v) is 3.59. The molecule has 0 atom stereocenters. The lowest BCUT2D eigenvalue weighted by molar-refractivity contribution is -0.389. The molecular formula is C7H4F2N2O4. The van der Waals surface area contributed by atoms with Crippen LogP contribution in [-0.2, 0) is 0 Å². The number of halogens is 2. The third-order valence-electron chi connectivity index (χ3n) is 1.57. The molecule has 0 fully saturated rings. The van der Waals surface area contributed by atoms with E-state index in [0.717, 1.165) is 0 Å². The van der Waals surface area contributed by atoms with E-state index in [1.807, 2.05) is 0 Å². The number of hydrogen-bond acceptors (Lipinski definition) is 4. The molecule has 0 aliphatic heterocycles. The summed E-state index contributed by atoms with van der Waals surface area (Å²) in [5.41, 5.74) is -1.65. The highest BCUT2D eigenvalue weighted by atomic mass is 19.3. The third-order valence-corrected chi connectivity index (χ3v) is 1.57. The van der Waals surface area contributed by atoms with Gasteiger partial charge in [-0.1, -0.05) is 0 Å². The molecule has 1 N–H and O–H groups in total. The first-order chi connectivity index (χ1) is 6.93. The summed E-state index contributed by atoms with van der Waals surface area (Å²) in [5, 5.41) is 18.7. The summed E-state index contributed by atoms with van der Waals surface area (Å²) in [6.07, 6.45) is -2.56. The van der Waals surface area contributed by atoms with Gasteiger partial charge in [0.05, 0.1) is 0 Å². The lowest BCUT2D eigenvalue weighted by Crippen LogP contribution is -2.05. The number of pyridine rings is 1. The number of carbonyl (C=O) groups is 1. The molecule has 0 amide bonds. The smallest absolute Gasteiger partial charge is 0.363 e. The van der Waals surface area contributed by atoms with Gasteiger partial charge < -0.3 is 15.2 Å². The minimum atomic E-state index is -3.10. The lowest BCUT2D eigenvalue weighted by atomic mass is 10.1. The maximum atomic E-state index is 12.3. The predicted molar refractivity (Wildman–Crippen MR) is 42.8 cm³/mol. The second-order valence-corrected chi connectivity index (χ2v) is 2.49. The van der Waals surface area contributed by atoms with Crippen LogP contribution in [0.15, 0.2) is 12.3 Å². The SMILES string of the molecule is O=C(O)c1cnc([N+](=O)[O-])cc1C(F)F. The number of aromatic nitrogens is 1. The van der Waals surface area contributed by atoms with Crippen molar-refractivity contribution >= 4 is 11.8 Å². The highest BCUT2D eigenvalue weighted by Crippen LogP contribution is 2.25. The molecule has 0 aliphatic rings. The lowest BCUT2D eigenvalue weighted by Gasteiger charge is -2.02. The molecule has 8 heteroatoms. The number of carboxylic acids is 1. The van der Waals surface area contributed by atoms with E-state index < -0.39 is 34.3 Å². The number of aromatic carboxylic acids is 1. The van der Waals surface area contributed by atoms with E-state index in [2.05, 4.69) is 4.98 Å². The monoisotopic (exact) mass is 218 g/mol. The molecule has 0 bridgehead atoms. The van der Waals surface area contributed by atoms with Crippen LogP contribution in [0.25, 0.3) is 0 Å². The maximum Gasteiger partial charge on any atom is 0.363 e. The Hall–Kier alpha value is -2.12. The van der Waals surface area contributed by atoms with Crippen molar-refractivity contribution in [3.63, 3.8) is 0 Å². The first-order valence-electron chi connectivity index (χ1n) is 3.59. The minimum absolute atomic E-state index is 0.452. The molecule has 0 aromatic carbocycles. The van der Waals surface area contributed by atoms with E-state index in [0.29, 0.717) is 12.3 Å². The Labute approximate surface area is 81.3 Å². The third kappa shape index (κ3) is 2.22. The van der Waals surface area contributed by atoms with Gasteiger partial charge in [0, 0.05) is 11.6 Å². The second-order valence-electron chi connectivity index (χ2n) is 2.49. The quantitative estimate of drug-likeness (QED) is 0.614. The van der Waals surface area contributed by atoms with Crippen LogP contribution in [0.4, 0.5) is 14.6 Å². The summed E-state index contributed by atoms with van der Waals surface area (Å²) in [5.74, 6) is -2.41. The average Bonchev–Trinajstić information content (AvgIpc) is 2.16. The molecule has 0 spiro atoms.